The summed E-state index contributed by atoms with van der Waals surface area (Å²) >= 11 is 0. The summed E-state index contributed by atoms with van der Waals surface area (Å²) in [5.74, 6) is -0.0867. The highest BCUT2D eigenvalue weighted by atomic mass is 19.1. The first kappa shape index (κ1) is 15.9. The van der Waals surface area contributed by atoms with Crippen LogP contribution in [0.4, 0.5) is 4.39 Å². The Bertz CT molecular complexity index is 476. The van der Waals surface area contributed by atoms with Crippen LogP contribution in [-0.4, -0.2) is 55.0 Å². The smallest absolute Gasteiger partial charge is 0.236 e. The minimum absolute atomic E-state index is 0.0500. The molecular formula is C16H24FN3O. The van der Waals surface area contributed by atoms with E-state index in [0.717, 1.165) is 38.3 Å². The molecule has 1 saturated heterocycles. The average Bonchev–Trinajstić information content (AvgIpc) is 2.49. The highest BCUT2D eigenvalue weighted by molar-refractivity contribution is 5.78. The summed E-state index contributed by atoms with van der Waals surface area (Å²) in [6, 6.07) is 6.71. The van der Waals surface area contributed by atoms with Crippen molar-refractivity contribution in [3.63, 3.8) is 0 Å². The van der Waals surface area contributed by atoms with Gasteiger partial charge in [0.15, 0.2) is 0 Å². The molecule has 1 aliphatic heterocycles. The predicted octanol–water partition coefficient (Wildman–Crippen LogP) is 1.64. The van der Waals surface area contributed by atoms with Crippen molar-refractivity contribution in [3.8, 4) is 0 Å². The normalized spacial score (nSPS) is 19.5. The third-order valence-electron chi connectivity index (χ3n) is 4.04. The van der Waals surface area contributed by atoms with Crippen molar-refractivity contribution in [1.82, 2.24) is 15.1 Å². The van der Waals surface area contributed by atoms with Gasteiger partial charge in [0.05, 0.1) is 6.54 Å². The highest BCUT2D eigenvalue weighted by Crippen LogP contribution is 2.22. The molecule has 1 unspecified atom stereocenters. The second-order valence-corrected chi connectivity index (χ2v) is 5.31. The van der Waals surface area contributed by atoms with Crippen LogP contribution in [0, 0.1) is 5.82 Å². The van der Waals surface area contributed by atoms with Gasteiger partial charge in [-0.25, -0.2) is 4.39 Å². The molecule has 1 fully saturated rings. The molecule has 21 heavy (non-hydrogen) atoms. The summed E-state index contributed by atoms with van der Waals surface area (Å²) in [4.78, 5) is 16.3. The van der Waals surface area contributed by atoms with Gasteiger partial charge in [-0.05, 0) is 31.5 Å². The molecule has 1 aromatic carbocycles. The standard InChI is InChI=1S/C16H24FN3O/c1-3-19(4-2)16(21)12-20-9-8-18-11-15(20)13-6-5-7-14(17)10-13/h5-7,10,15,18H,3-4,8-9,11-12H2,1-2H3. The third kappa shape index (κ3) is 4.02. The van der Waals surface area contributed by atoms with E-state index in [0.29, 0.717) is 6.54 Å². The molecule has 0 saturated carbocycles. The summed E-state index contributed by atoms with van der Waals surface area (Å²) in [6.07, 6.45) is 0. The molecule has 1 heterocycles. The maximum atomic E-state index is 13.4. The first-order valence-electron chi connectivity index (χ1n) is 7.63. The zero-order chi connectivity index (χ0) is 15.2. The van der Waals surface area contributed by atoms with Crippen LogP contribution in [0.2, 0.25) is 0 Å². The average molecular weight is 293 g/mol. The van der Waals surface area contributed by atoms with E-state index in [-0.39, 0.29) is 17.8 Å². The van der Waals surface area contributed by atoms with E-state index in [9.17, 15) is 9.18 Å². The third-order valence-corrected chi connectivity index (χ3v) is 4.04. The number of nitrogens with zero attached hydrogens (tertiary/aromatic N) is 2. The molecule has 0 spiro atoms. The number of rotatable bonds is 5. The highest BCUT2D eigenvalue weighted by Gasteiger charge is 2.26. The molecule has 4 nitrogen and oxygen atoms in total. The first-order chi connectivity index (χ1) is 10.2. The van der Waals surface area contributed by atoms with Crippen molar-refractivity contribution >= 4 is 5.91 Å². The number of benzene rings is 1. The number of carbonyl (C=O) groups excluding carboxylic acids is 1. The Hall–Kier alpha value is -1.46. The second-order valence-electron chi connectivity index (χ2n) is 5.31. The van der Waals surface area contributed by atoms with E-state index in [2.05, 4.69) is 10.2 Å². The van der Waals surface area contributed by atoms with Crippen molar-refractivity contribution in [2.45, 2.75) is 19.9 Å². The Morgan fingerprint density at radius 3 is 2.86 bits per heavy atom. The maximum Gasteiger partial charge on any atom is 0.236 e. The van der Waals surface area contributed by atoms with Crippen molar-refractivity contribution in [2.24, 2.45) is 0 Å². The van der Waals surface area contributed by atoms with Gasteiger partial charge in [-0.2, -0.15) is 0 Å². The van der Waals surface area contributed by atoms with E-state index in [1.165, 1.54) is 6.07 Å². The van der Waals surface area contributed by atoms with E-state index in [1.54, 1.807) is 12.1 Å². The number of hydrogen-bond donors (Lipinski definition) is 1. The number of piperazine rings is 1. The predicted molar refractivity (Wildman–Crippen MR) is 81.5 cm³/mol. The van der Waals surface area contributed by atoms with Gasteiger partial charge in [-0.1, -0.05) is 12.1 Å². The zero-order valence-electron chi connectivity index (χ0n) is 12.8. The molecule has 116 valence electrons. The minimum atomic E-state index is -0.229. The summed E-state index contributed by atoms with van der Waals surface area (Å²) in [5, 5.41) is 3.32. The molecule has 1 amide bonds. The van der Waals surface area contributed by atoms with Crippen LogP contribution in [-0.2, 0) is 4.79 Å². The lowest BCUT2D eigenvalue weighted by Gasteiger charge is -2.37. The van der Waals surface area contributed by atoms with Gasteiger partial charge >= 0.3 is 0 Å². The Labute approximate surface area is 125 Å². The van der Waals surface area contributed by atoms with Crippen molar-refractivity contribution in [3.05, 3.63) is 35.6 Å². The van der Waals surface area contributed by atoms with Gasteiger partial charge in [0.1, 0.15) is 5.82 Å². The SMILES string of the molecule is CCN(CC)C(=O)CN1CCNCC1c1cccc(F)c1. The number of likely N-dealkylation sites (N-methyl/N-ethyl adjacent to an activating group) is 1. The lowest BCUT2D eigenvalue weighted by Crippen LogP contribution is -2.50. The largest absolute Gasteiger partial charge is 0.342 e. The lowest BCUT2D eigenvalue weighted by molar-refractivity contribution is -0.132. The minimum Gasteiger partial charge on any atom is -0.342 e. The Balaban J connectivity index is 2.10. The molecular weight excluding hydrogens is 269 g/mol. The van der Waals surface area contributed by atoms with E-state index in [1.807, 2.05) is 24.8 Å². The van der Waals surface area contributed by atoms with Crippen LogP contribution < -0.4 is 5.32 Å². The number of nitrogens with one attached hydrogen (secondary N) is 1. The molecule has 1 aliphatic rings. The van der Waals surface area contributed by atoms with Gasteiger partial charge in [0.2, 0.25) is 5.91 Å². The summed E-state index contributed by atoms with van der Waals surface area (Å²) in [5.41, 5.74) is 0.926. The maximum absolute atomic E-state index is 13.4. The molecule has 5 heteroatoms. The second kappa shape index (κ2) is 7.52. The molecule has 1 N–H and O–H groups in total. The van der Waals surface area contributed by atoms with E-state index < -0.39 is 0 Å². The summed E-state index contributed by atoms with van der Waals surface area (Å²) in [7, 11) is 0. The number of halogens is 1. The van der Waals surface area contributed by atoms with Crippen LogP contribution in [0.5, 0.6) is 0 Å². The fourth-order valence-corrected chi connectivity index (χ4v) is 2.83. The van der Waals surface area contributed by atoms with Crippen LogP contribution in [0.15, 0.2) is 24.3 Å². The quantitative estimate of drug-likeness (QED) is 0.896. The van der Waals surface area contributed by atoms with Crippen LogP contribution in [0.1, 0.15) is 25.5 Å². The molecule has 0 bridgehead atoms. The van der Waals surface area contributed by atoms with Gasteiger partial charge < -0.3 is 10.2 Å². The molecule has 0 radical (unpaired) electrons. The number of carbonyl (C=O) groups is 1. The van der Waals surface area contributed by atoms with Crippen LogP contribution in [0.3, 0.4) is 0 Å². The molecule has 1 atom stereocenters. The molecule has 1 aromatic rings. The summed E-state index contributed by atoms with van der Waals surface area (Å²) in [6.45, 7) is 8.23. The fourth-order valence-electron chi connectivity index (χ4n) is 2.83. The monoisotopic (exact) mass is 293 g/mol. The zero-order valence-corrected chi connectivity index (χ0v) is 12.8. The van der Waals surface area contributed by atoms with Gasteiger partial charge in [0.25, 0.3) is 0 Å². The van der Waals surface area contributed by atoms with Crippen molar-refractivity contribution in [1.29, 1.82) is 0 Å². The van der Waals surface area contributed by atoms with Gasteiger partial charge in [-0.15, -0.1) is 0 Å². The van der Waals surface area contributed by atoms with Crippen LogP contribution >= 0.6 is 0 Å². The van der Waals surface area contributed by atoms with Gasteiger partial charge in [-0.3, -0.25) is 9.69 Å². The molecule has 2 rings (SSSR count). The molecule has 0 aromatic heterocycles. The van der Waals surface area contributed by atoms with Crippen LogP contribution in [0.25, 0.3) is 0 Å². The van der Waals surface area contributed by atoms with E-state index in [4.69, 9.17) is 0 Å². The molecule has 0 aliphatic carbocycles. The van der Waals surface area contributed by atoms with Crippen molar-refractivity contribution < 1.29 is 9.18 Å². The fraction of sp³-hybridized carbons (Fsp3) is 0.562. The number of amides is 1. The lowest BCUT2D eigenvalue weighted by atomic mass is 10.0. The Kier molecular flexibility index (Phi) is 5.70. The number of hydrogen-bond acceptors (Lipinski definition) is 3. The topological polar surface area (TPSA) is 35.6 Å². The first-order valence-corrected chi connectivity index (χ1v) is 7.63. The summed E-state index contributed by atoms with van der Waals surface area (Å²) < 4.78 is 13.4. The van der Waals surface area contributed by atoms with Gasteiger partial charge in [0, 0.05) is 38.8 Å². The van der Waals surface area contributed by atoms with Crippen molar-refractivity contribution in [2.75, 3.05) is 39.3 Å². The van der Waals surface area contributed by atoms with E-state index >= 15 is 0 Å². The Morgan fingerprint density at radius 2 is 2.19 bits per heavy atom. The Morgan fingerprint density at radius 1 is 1.43 bits per heavy atom.